The van der Waals surface area contributed by atoms with E-state index in [2.05, 4.69) is 14.9 Å². The van der Waals surface area contributed by atoms with E-state index in [4.69, 9.17) is 0 Å². The Morgan fingerprint density at radius 1 is 1.64 bits per heavy atom. The van der Waals surface area contributed by atoms with Gasteiger partial charge in [-0.3, -0.25) is 4.79 Å². The molecule has 0 fully saturated rings. The molecule has 76 valence electrons. The molecular formula is C9H13N3OS. The lowest BCUT2D eigenvalue weighted by Crippen LogP contribution is -2.23. The average molecular weight is 211 g/mol. The molecule has 0 radical (unpaired) electrons. The Kier molecular flexibility index (Phi) is 4.25. The van der Waals surface area contributed by atoms with Gasteiger partial charge < -0.3 is 5.32 Å². The zero-order valence-corrected chi connectivity index (χ0v) is 9.10. The Hall–Kier alpha value is -1.23. The minimum absolute atomic E-state index is 0.0815. The Bertz CT molecular complexity index is 333. The number of nitrogens with one attached hydrogen (secondary N) is 1. The zero-order chi connectivity index (χ0) is 10.4. The first-order valence-corrected chi connectivity index (χ1v) is 5.21. The van der Waals surface area contributed by atoms with Gasteiger partial charge in [-0.1, -0.05) is 16.6 Å². The van der Waals surface area contributed by atoms with Crippen LogP contribution in [0.15, 0.2) is 12.2 Å². The van der Waals surface area contributed by atoms with Gasteiger partial charge in [0.25, 0.3) is 5.91 Å². The number of aromatic nitrogens is 2. The monoisotopic (exact) mass is 211 g/mol. The largest absolute Gasteiger partial charge is 0.351 e. The Morgan fingerprint density at radius 2 is 2.43 bits per heavy atom. The molecule has 0 aliphatic heterocycles. The van der Waals surface area contributed by atoms with Gasteiger partial charge in [0.1, 0.15) is 4.88 Å². The molecule has 0 aliphatic rings. The number of amides is 1. The van der Waals surface area contributed by atoms with Gasteiger partial charge in [0.2, 0.25) is 0 Å². The van der Waals surface area contributed by atoms with Crippen molar-refractivity contribution in [3.05, 3.63) is 22.7 Å². The average Bonchev–Trinajstić information content (AvgIpc) is 2.59. The van der Waals surface area contributed by atoms with Crippen LogP contribution in [-0.4, -0.2) is 22.0 Å². The van der Waals surface area contributed by atoms with E-state index < -0.39 is 0 Å². The molecule has 1 aromatic rings. The zero-order valence-electron chi connectivity index (χ0n) is 8.28. The first-order valence-electron chi connectivity index (χ1n) is 4.44. The molecule has 0 spiro atoms. The molecule has 0 unspecified atom stereocenters. The first-order chi connectivity index (χ1) is 6.75. The Balaban J connectivity index is 2.40. The van der Waals surface area contributed by atoms with Crippen LogP contribution in [0.2, 0.25) is 0 Å². The van der Waals surface area contributed by atoms with Crippen molar-refractivity contribution >= 4 is 17.4 Å². The lowest BCUT2D eigenvalue weighted by Gasteiger charge is -2.00. The molecular weight excluding hydrogens is 198 g/mol. The summed E-state index contributed by atoms with van der Waals surface area (Å²) < 4.78 is 3.70. The summed E-state index contributed by atoms with van der Waals surface area (Å²) in [5, 5.41) is 6.58. The van der Waals surface area contributed by atoms with Crippen LogP contribution < -0.4 is 5.32 Å². The molecule has 0 aromatic carbocycles. The van der Waals surface area contributed by atoms with Gasteiger partial charge in [0.05, 0.1) is 5.69 Å². The van der Waals surface area contributed by atoms with Gasteiger partial charge in [0.15, 0.2) is 0 Å². The number of carbonyl (C=O) groups excluding carboxylic acids is 1. The molecule has 1 aromatic heterocycles. The fourth-order valence-electron chi connectivity index (χ4n) is 0.956. The van der Waals surface area contributed by atoms with Crippen molar-refractivity contribution in [1.29, 1.82) is 0 Å². The Labute approximate surface area is 87.2 Å². The van der Waals surface area contributed by atoms with Crippen LogP contribution in [0.5, 0.6) is 0 Å². The van der Waals surface area contributed by atoms with Crippen molar-refractivity contribution < 1.29 is 4.79 Å². The van der Waals surface area contributed by atoms with Crippen LogP contribution in [0.1, 0.15) is 28.7 Å². The maximum absolute atomic E-state index is 11.5. The third-order valence-corrected chi connectivity index (χ3v) is 2.52. The first kappa shape index (κ1) is 10.8. The maximum Gasteiger partial charge on any atom is 0.264 e. The number of rotatable bonds is 4. The standard InChI is InChI=1S/C9H13N3OS/c1-3-4-5-6-10-9(13)8-7(2)11-12-14-8/h3-4H,5-6H2,1-2H3,(H,10,13)/b4-3+. The molecule has 1 heterocycles. The number of allylic oxidation sites excluding steroid dienone is 1. The van der Waals surface area contributed by atoms with E-state index in [1.165, 1.54) is 0 Å². The summed E-state index contributed by atoms with van der Waals surface area (Å²) in [5.74, 6) is -0.0815. The van der Waals surface area contributed by atoms with Crippen LogP contribution in [0.4, 0.5) is 0 Å². The number of aryl methyl sites for hydroxylation is 1. The molecule has 0 aliphatic carbocycles. The predicted molar refractivity (Wildman–Crippen MR) is 56.4 cm³/mol. The SMILES string of the molecule is C/C=C/CCNC(=O)c1snnc1C. The molecule has 4 nitrogen and oxygen atoms in total. The van der Waals surface area contributed by atoms with E-state index in [1.54, 1.807) is 6.92 Å². The molecule has 0 atom stereocenters. The summed E-state index contributed by atoms with van der Waals surface area (Å²) in [6.07, 6.45) is 4.83. The quantitative estimate of drug-likeness (QED) is 0.607. The summed E-state index contributed by atoms with van der Waals surface area (Å²) in [7, 11) is 0. The van der Waals surface area contributed by atoms with Gasteiger partial charge in [-0.05, 0) is 31.8 Å². The molecule has 5 heteroatoms. The molecule has 14 heavy (non-hydrogen) atoms. The lowest BCUT2D eigenvalue weighted by molar-refractivity contribution is 0.0957. The lowest BCUT2D eigenvalue weighted by atomic mass is 10.3. The van der Waals surface area contributed by atoms with Crippen LogP contribution in [0.3, 0.4) is 0 Å². The summed E-state index contributed by atoms with van der Waals surface area (Å²) in [5.41, 5.74) is 0.693. The highest BCUT2D eigenvalue weighted by molar-refractivity contribution is 7.07. The van der Waals surface area contributed by atoms with E-state index in [0.717, 1.165) is 18.0 Å². The van der Waals surface area contributed by atoms with Crippen molar-refractivity contribution in [3.8, 4) is 0 Å². The smallest absolute Gasteiger partial charge is 0.264 e. The molecule has 0 saturated heterocycles. The van der Waals surface area contributed by atoms with E-state index in [1.807, 2.05) is 19.1 Å². The summed E-state index contributed by atoms with van der Waals surface area (Å²) in [6.45, 7) is 4.39. The molecule has 1 rings (SSSR count). The minimum atomic E-state index is -0.0815. The van der Waals surface area contributed by atoms with Crippen LogP contribution in [-0.2, 0) is 0 Å². The summed E-state index contributed by atoms with van der Waals surface area (Å²) in [6, 6.07) is 0. The predicted octanol–water partition coefficient (Wildman–Crippen LogP) is 1.54. The number of hydrogen-bond acceptors (Lipinski definition) is 4. The normalized spacial score (nSPS) is 10.7. The maximum atomic E-state index is 11.5. The van der Waals surface area contributed by atoms with Gasteiger partial charge in [-0.2, -0.15) is 0 Å². The fourth-order valence-corrected chi connectivity index (χ4v) is 1.53. The number of carbonyl (C=O) groups is 1. The minimum Gasteiger partial charge on any atom is -0.351 e. The second-order valence-corrected chi connectivity index (χ2v) is 3.56. The van der Waals surface area contributed by atoms with Crippen molar-refractivity contribution in [2.45, 2.75) is 20.3 Å². The second-order valence-electron chi connectivity index (χ2n) is 2.80. The third-order valence-electron chi connectivity index (χ3n) is 1.69. The van der Waals surface area contributed by atoms with Crippen molar-refractivity contribution in [3.63, 3.8) is 0 Å². The summed E-state index contributed by atoms with van der Waals surface area (Å²) in [4.78, 5) is 12.1. The van der Waals surface area contributed by atoms with E-state index in [9.17, 15) is 4.79 Å². The Morgan fingerprint density at radius 3 is 3.00 bits per heavy atom. The third kappa shape index (κ3) is 2.92. The second kappa shape index (κ2) is 5.49. The number of hydrogen-bond donors (Lipinski definition) is 1. The van der Waals surface area contributed by atoms with E-state index in [-0.39, 0.29) is 5.91 Å². The van der Waals surface area contributed by atoms with Gasteiger partial charge >= 0.3 is 0 Å². The highest BCUT2D eigenvalue weighted by Gasteiger charge is 2.11. The van der Waals surface area contributed by atoms with Crippen LogP contribution >= 0.6 is 11.5 Å². The number of nitrogens with zero attached hydrogens (tertiary/aromatic N) is 2. The molecule has 0 bridgehead atoms. The van der Waals surface area contributed by atoms with Crippen molar-refractivity contribution in [1.82, 2.24) is 14.9 Å². The topological polar surface area (TPSA) is 54.9 Å². The highest BCUT2D eigenvalue weighted by atomic mass is 32.1. The van der Waals surface area contributed by atoms with Gasteiger partial charge in [-0.25, -0.2) is 0 Å². The molecule has 1 amide bonds. The highest BCUT2D eigenvalue weighted by Crippen LogP contribution is 2.07. The summed E-state index contributed by atoms with van der Waals surface area (Å²) >= 11 is 1.13. The molecule has 1 N–H and O–H groups in total. The van der Waals surface area contributed by atoms with Crippen LogP contribution in [0, 0.1) is 6.92 Å². The van der Waals surface area contributed by atoms with Crippen molar-refractivity contribution in [2.24, 2.45) is 0 Å². The van der Waals surface area contributed by atoms with Crippen LogP contribution in [0.25, 0.3) is 0 Å². The fraction of sp³-hybridized carbons (Fsp3) is 0.444. The van der Waals surface area contributed by atoms with Gasteiger partial charge in [0, 0.05) is 6.54 Å². The van der Waals surface area contributed by atoms with E-state index in [0.29, 0.717) is 17.1 Å². The van der Waals surface area contributed by atoms with Crippen molar-refractivity contribution in [2.75, 3.05) is 6.54 Å². The molecule has 0 saturated carbocycles. The van der Waals surface area contributed by atoms with E-state index >= 15 is 0 Å². The van der Waals surface area contributed by atoms with Gasteiger partial charge in [-0.15, -0.1) is 5.10 Å².